The molecular weight excluding hydrogens is 202 g/mol. The Hall–Kier alpha value is -0.280. The summed E-state index contributed by atoms with van der Waals surface area (Å²) in [6.45, 7) is 5.82. The molecule has 4 heteroatoms. The Bertz CT molecular complexity index is 153. The third-order valence-electron chi connectivity index (χ3n) is 2.02. The topological polar surface area (TPSA) is 38.3 Å². The number of hydrogen-bond donors (Lipinski definition) is 1. The van der Waals surface area contributed by atoms with Gasteiger partial charge in [0.15, 0.2) is 0 Å². The van der Waals surface area contributed by atoms with Crippen LogP contribution in [0.5, 0.6) is 0 Å². The normalized spacial score (nSPS) is 12.5. The second kappa shape index (κ2) is 9.28. The molecule has 1 N–H and O–H groups in total. The van der Waals surface area contributed by atoms with E-state index in [4.69, 9.17) is 16.3 Å². The van der Waals surface area contributed by atoms with Crippen molar-refractivity contribution in [3.8, 4) is 0 Å². The molecule has 0 aromatic rings. The van der Waals surface area contributed by atoms with Crippen molar-refractivity contribution in [3.05, 3.63) is 0 Å². The molecule has 14 heavy (non-hydrogen) atoms. The highest BCUT2D eigenvalue weighted by atomic mass is 35.5. The van der Waals surface area contributed by atoms with Gasteiger partial charge in [-0.3, -0.25) is 4.79 Å². The van der Waals surface area contributed by atoms with E-state index in [-0.39, 0.29) is 5.91 Å². The number of nitrogens with one attached hydrogen (secondary N) is 1. The first kappa shape index (κ1) is 13.7. The third kappa shape index (κ3) is 8.32. The van der Waals surface area contributed by atoms with Crippen LogP contribution in [0.4, 0.5) is 0 Å². The van der Waals surface area contributed by atoms with Gasteiger partial charge in [0.1, 0.15) is 0 Å². The lowest BCUT2D eigenvalue weighted by Gasteiger charge is -2.09. The summed E-state index contributed by atoms with van der Waals surface area (Å²) in [6.07, 6.45) is 1.64. The average Bonchev–Trinajstić information content (AvgIpc) is 2.17. The van der Waals surface area contributed by atoms with E-state index in [0.29, 0.717) is 38.0 Å². The molecule has 0 saturated carbocycles. The van der Waals surface area contributed by atoms with Crippen LogP contribution in [0.1, 0.15) is 26.7 Å². The molecule has 3 nitrogen and oxygen atoms in total. The predicted octanol–water partition coefficient (Wildman–Crippen LogP) is 1.79. The quantitative estimate of drug-likeness (QED) is 0.502. The second-order valence-corrected chi connectivity index (χ2v) is 3.75. The standard InChI is InChI=1S/C10H20ClNO2/c1-3-9(2)8-10(13)12-5-7-14-6-4-11/h9H,3-8H2,1-2H3,(H,12,13). The molecule has 0 aliphatic heterocycles. The van der Waals surface area contributed by atoms with Gasteiger partial charge in [-0.05, 0) is 5.92 Å². The van der Waals surface area contributed by atoms with E-state index in [1.165, 1.54) is 0 Å². The lowest BCUT2D eigenvalue weighted by Crippen LogP contribution is -2.28. The van der Waals surface area contributed by atoms with Gasteiger partial charge in [-0.1, -0.05) is 20.3 Å². The number of rotatable bonds is 8. The predicted molar refractivity (Wildman–Crippen MR) is 58.6 cm³/mol. The van der Waals surface area contributed by atoms with Gasteiger partial charge in [-0.25, -0.2) is 0 Å². The molecule has 1 unspecified atom stereocenters. The number of halogens is 1. The molecule has 0 aliphatic rings. The highest BCUT2D eigenvalue weighted by Crippen LogP contribution is 2.04. The SMILES string of the molecule is CCC(C)CC(=O)NCCOCCCl. The zero-order valence-corrected chi connectivity index (χ0v) is 9.77. The van der Waals surface area contributed by atoms with Crippen molar-refractivity contribution in [2.75, 3.05) is 25.6 Å². The Morgan fingerprint density at radius 2 is 2.21 bits per heavy atom. The van der Waals surface area contributed by atoms with Gasteiger partial charge in [0.25, 0.3) is 0 Å². The number of carbonyl (C=O) groups excluding carboxylic acids is 1. The molecule has 0 saturated heterocycles. The summed E-state index contributed by atoms with van der Waals surface area (Å²) in [7, 11) is 0. The van der Waals surface area contributed by atoms with Crippen LogP contribution >= 0.6 is 11.6 Å². The lowest BCUT2D eigenvalue weighted by atomic mass is 10.1. The van der Waals surface area contributed by atoms with Gasteiger partial charge in [0, 0.05) is 18.8 Å². The van der Waals surface area contributed by atoms with E-state index >= 15 is 0 Å². The molecule has 0 bridgehead atoms. The van der Waals surface area contributed by atoms with Crippen molar-refractivity contribution in [3.63, 3.8) is 0 Å². The van der Waals surface area contributed by atoms with Gasteiger partial charge in [-0.15, -0.1) is 11.6 Å². The van der Waals surface area contributed by atoms with Gasteiger partial charge in [0.05, 0.1) is 13.2 Å². The zero-order chi connectivity index (χ0) is 10.8. The number of hydrogen-bond acceptors (Lipinski definition) is 2. The molecule has 0 fully saturated rings. The summed E-state index contributed by atoms with van der Waals surface area (Å²) in [5.74, 6) is 1.06. The highest BCUT2D eigenvalue weighted by molar-refractivity contribution is 6.17. The lowest BCUT2D eigenvalue weighted by molar-refractivity contribution is -0.122. The molecule has 0 heterocycles. The van der Waals surface area contributed by atoms with Crippen LogP contribution in [-0.2, 0) is 9.53 Å². The molecule has 84 valence electrons. The minimum Gasteiger partial charge on any atom is -0.378 e. The molecular formula is C10H20ClNO2. The van der Waals surface area contributed by atoms with Gasteiger partial charge >= 0.3 is 0 Å². The van der Waals surface area contributed by atoms with Crippen LogP contribution < -0.4 is 5.32 Å². The van der Waals surface area contributed by atoms with Gasteiger partial charge < -0.3 is 10.1 Å². The monoisotopic (exact) mass is 221 g/mol. The minimum atomic E-state index is 0.105. The van der Waals surface area contributed by atoms with Crippen LogP contribution in [0.15, 0.2) is 0 Å². The van der Waals surface area contributed by atoms with Crippen LogP contribution in [0.25, 0.3) is 0 Å². The fraction of sp³-hybridized carbons (Fsp3) is 0.900. The third-order valence-corrected chi connectivity index (χ3v) is 2.18. The van der Waals surface area contributed by atoms with Crippen LogP contribution in [0.2, 0.25) is 0 Å². The average molecular weight is 222 g/mol. The molecule has 0 aliphatic carbocycles. The summed E-state index contributed by atoms with van der Waals surface area (Å²) in [5, 5.41) is 2.80. The Balaban J connectivity index is 3.27. The van der Waals surface area contributed by atoms with Crippen molar-refractivity contribution in [1.29, 1.82) is 0 Å². The Kier molecular flexibility index (Phi) is 9.10. The highest BCUT2D eigenvalue weighted by Gasteiger charge is 2.05. The summed E-state index contributed by atoms with van der Waals surface area (Å²) in [4.78, 5) is 11.3. The maximum absolute atomic E-state index is 11.3. The second-order valence-electron chi connectivity index (χ2n) is 3.37. The van der Waals surface area contributed by atoms with Crippen molar-refractivity contribution >= 4 is 17.5 Å². The Morgan fingerprint density at radius 1 is 1.50 bits per heavy atom. The number of carbonyl (C=O) groups is 1. The molecule has 0 spiro atoms. The number of amides is 1. The van der Waals surface area contributed by atoms with Crippen LogP contribution in [0.3, 0.4) is 0 Å². The molecule has 0 aromatic carbocycles. The largest absolute Gasteiger partial charge is 0.378 e. The molecule has 1 atom stereocenters. The first-order chi connectivity index (χ1) is 6.70. The van der Waals surface area contributed by atoms with Gasteiger partial charge in [0.2, 0.25) is 5.91 Å². The number of alkyl halides is 1. The summed E-state index contributed by atoms with van der Waals surface area (Å²) in [6, 6.07) is 0. The van der Waals surface area contributed by atoms with Gasteiger partial charge in [-0.2, -0.15) is 0 Å². The van der Waals surface area contributed by atoms with E-state index in [0.717, 1.165) is 6.42 Å². The maximum Gasteiger partial charge on any atom is 0.220 e. The fourth-order valence-electron chi connectivity index (χ4n) is 0.952. The van der Waals surface area contributed by atoms with Crippen LogP contribution in [-0.4, -0.2) is 31.5 Å². The molecule has 0 radical (unpaired) electrons. The smallest absolute Gasteiger partial charge is 0.220 e. The van der Waals surface area contributed by atoms with E-state index in [1.54, 1.807) is 0 Å². The van der Waals surface area contributed by atoms with Crippen molar-refractivity contribution in [2.24, 2.45) is 5.92 Å². The summed E-state index contributed by atoms with van der Waals surface area (Å²) >= 11 is 5.42. The Labute approximate surface area is 91.2 Å². The molecule has 1 amide bonds. The maximum atomic E-state index is 11.3. The minimum absolute atomic E-state index is 0.105. The fourth-order valence-corrected chi connectivity index (χ4v) is 1.06. The zero-order valence-electron chi connectivity index (χ0n) is 9.01. The molecule has 0 aromatic heterocycles. The van der Waals surface area contributed by atoms with E-state index < -0.39 is 0 Å². The summed E-state index contributed by atoms with van der Waals surface area (Å²) < 4.78 is 5.12. The summed E-state index contributed by atoms with van der Waals surface area (Å²) in [5.41, 5.74) is 0. The van der Waals surface area contributed by atoms with Crippen molar-refractivity contribution in [1.82, 2.24) is 5.32 Å². The van der Waals surface area contributed by atoms with E-state index in [1.807, 2.05) is 0 Å². The van der Waals surface area contributed by atoms with Crippen molar-refractivity contribution < 1.29 is 9.53 Å². The first-order valence-corrected chi connectivity index (χ1v) is 5.64. The van der Waals surface area contributed by atoms with E-state index in [9.17, 15) is 4.79 Å². The number of ether oxygens (including phenoxy) is 1. The van der Waals surface area contributed by atoms with E-state index in [2.05, 4.69) is 19.2 Å². The van der Waals surface area contributed by atoms with Crippen LogP contribution in [0, 0.1) is 5.92 Å². The molecule has 0 rings (SSSR count). The van der Waals surface area contributed by atoms with Crippen molar-refractivity contribution in [2.45, 2.75) is 26.7 Å². The Morgan fingerprint density at radius 3 is 2.79 bits per heavy atom. The first-order valence-electron chi connectivity index (χ1n) is 5.11.